The minimum Gasteiger partial charge on any atom is -0.368 e. The van der Waals surface area contributed by atoms with Crippen LogP contribution in [-0.2, 0) is 10.2 Å². The van der Waals surface area contributed by atoms with Gasteiger partial charge in [-0.1, -0.05) is 36.4 Å². The van der Waals surface area contributed by atoms with Crippen LogP contribution in [0.3, 0.4) is 0 Å². The molecule has 2 aromatic carbocycles. The molecule has 0 radical (unpaired) electrons. The summed E-state index contributed by atoms with van der Waals surface area (Å²) in [4.78, 5) is 26.5. The first-order valence-corrected chi connectivity index (χ1v) is 10.0. The fourth-order valence-corrected chi connectivity index (χ4v) is 4.07. The zero-order chi connectivity index (χ0) is 20.6. The Balaban J connectivity index is 1.45. The number of nitrogens with zero attached hydrogens (tertiary/aromatic N) is 2. The van der Waals surface area contributed by atoms with Crippen molar-refractivity contribution in [2.75, 3.05) is 6.54 Å². The van der Waals surface area contributed by atoms with E-state index in [4.69, 9.17) is 4.74 Å². The highest BCUT2D eigenvalue weighted by Gasteiger charge is 2.37. The number of hydrogen-bond donors (Lipinski definition) is 0. The summed E-state index contributed by atoms with van der Waals surface area (Å²) in [5.41, 5.74) is 2.46. The zero-order valence-electron chi connectivity index (χ0n) is 16.7. The molecular weight excluding hydrogens is 364 g/mol. The summed E-state index contributed by atoms with van der Waals surface area (Å²) in [7, 11) is 0. The van der Waals surface area contributed by atoms with Crippen molar-refractivity contribution in [3.63, 3.8) is 0 Å². The Morgan fingerprint density at radius 2 is 1.66 bits per heavy atom. The average molecular weight is 388 g/mol. The van der Waals surface area contributed by atoms with Crippen LogP contribution in [0, 0.1) is 11.3 Å². The second-order valence-corrected chi connectivity index (χ2v) is 8.30. The topological polar surface area (TPSA) is 70.4 Å². The van der Waals surface area contributed by atoms with Crippen LogP contribution in [0.4, 0.5) is 0 Å². The Morgan fingerprint density at radius 3 is 2.24 bits per heavy atom. The lowest BCUT2D eigenvalue weighted by Gasteiger charge is -2.32. The molecule has 0 aromatic heterocycles. The van der Waals surface area contributed by atoms with Crippen molar-refractivity contribution in [3.8, 4) is 6.07 Å². The molecule has 2 aliphatic heterocycles. The fourth-order valence-electron chi connectivity index (χ4n) is 4.07. The van der Waals surface area contributed by atoms with Crippen LogP contribution in [0.25, 0.3) is 0 Å². The first-order valence-electron chi connectivity index (χ1n) is 10.0. The maximum Gasteiger partial charge on any atom is 0.261 e. The monoisotopic (exact) mass is 388 g/mol. The number of ether oxygens (including phenoxy) is 1. The maximum atomic E-state index is 12.6. The van der Waals surface area contributed by atoms with Crippen molar-refractivity contribution in [1.82, 2.24) is 4.90 Å². The van der Waals surface area contributed by atoms with E-state index < -0.39 is 5.41 Å². The molecule has 2 heterocycles. The number of imide groups is 1. The molecule has 4 rings (SSSR count). The van der Waals surface area contributed by atoms with Gasteiger partial charge in [0, 0.05) is 0 Å². The highest BCUT2D eigenvalue weighted by molar-refractivity contribution is 6.21. The van der Waals surface area contributed by atoms with Gasteiger partial charge in [0.2, 0.25) is 0 Å². The van der Waals surface area contributed by atoms with Crippen molar-refractivity contribution in [2.24, 2.45) is 0 Å². The number of carbonyl (C=O) groups is 2. The number of benzene rings is 2. The third-order valence-corrected chi connectivity index (χ3v) is 5.90. The van der Waals surface area contributed by atoms with Crippen LogP contribution in [0.1, 0.15) is 71.1 Å². The number of nitriles is 1. The Morgan fingerprint density at radius 1 is 1.03 bits per heavy atom. The molecule has 0 saturated carbocycles. The molecule has 0 N–H and O–H groups in total. The van der Waals surface area contributed by atoms with Gasteiger partial charge in [-0.25, -0.2) is 0 Å². The van der Waals surface area contributed by atoms with E-state index in [1.807, 2.05) is 38.1 Å². The third kappa shape index (κ3) is 3.56. The van der Waals surface area contributed by atoms with E-state index in [0.717, 1.165) is 30.4 Å². The predicted molar refractivity (Wildman–Crippen MR) is 108 cm³/mol. The van der Waals surface area contributed by atoms with Gasteiger partial charge in [-0.3, -0.25) is 14.5 Å². The van der Waals surface area contributed by atoms with Crippen molar-refractivity contribution in [3.05, 3.63) is 70.8 Å². The first kappa shape index (κ1) is 19.4. The summed E-state index contributed by atoms with van der Waals surface area (Å²) < 4.78 is 6.27. The van der Waals surface area contributed by atoms with E-state index in [9.17, 15) is 14.9 Å². The maximum absolute atomic E-state index is 12.6. The summed E-state index contributed by atoms with van der Waals surface area (Å²) in [6.45, 7) is 4.08. The molecule has 2 atom stereocenters. The molecule has 0 aliphatic carbocycles. The lowest BCUT2D eigenvalue weighted by molar-refractivity contribution is -0.0587. The molecule has 2 amide bonds. The normalized spacial score (nSPS) is 21.8. The van der Waals surface area contributed by atoms with Crippen molar-refractivity contribution in [2.45, 2.75) is 50.7 Å². The summed E-state index contributed by atoms with van der Waals surface area (Å²) in [6.07, 6.45) is 2.46. The Bertz CT molecular complexity index is 953. The molecule has 1 fully saturated rings. The van der Waals surface area contributed by atoms with Crippen LogP contribution in [0.15, 0.2) is 48.5 Å². The molecule has 29 heavy (non-hydrogen) atoms. The van der Waals surface area contributed by atoms with Gasteiger partial charge in [0.15, 0.2) is 0 Å². The van der Waals surface area contributed by atoms with Crippen molar-refractivity contribution >= 4 is 11.8 Å². The Labute approximate surface area is 170 Å². The summed E-state index contributed by atoms with van der Waals surface area (Å²) in [5, 5.41) is 9.31. The van der Waals surface area contributed by atoms with Crippen LogP contribution in [0.5, 0.6) is 0 Å². The number of carbonyl (C=O) groups excluding carboxylic acids is 2. The van der Waals surface area contributed by atoms with Gasteiger partial charge in [-0.15, -0.1) is 0 Å². The fraction of sp³-hybridized carbons (Fsp3) is 0.375. The molecule has 0 bridgehead atoms. The van der Waals surface area contributed by atoms with Crippen molar-refractivity contribution < 1.29 is 14.3 Å². The van der Waals surface area contributed by atoms with E-state index >= 15 is 0 Å². The summed E-state index contributed by atoms with van der Waals surface area (Å²) in [5.74, 6) is -0.473. The zero-order valence-corrected chi connectivity index (χ0v) is 16.7. The van der Waals surface area contributed by atoms with E-state index in [-0.39, 0.29) is 30.6 Å². The lowest BCUT2D eigenvalue weighted by Crippen LogP contribution is -2.39. The van der Waals surface area contributed by atoms with Gasteiger partial charge >= 0.3 is 0 Å². The van der Waals surface area contributed by atoms with E-state index in [0.29, 0.717) is 11.1 Å². The summed E-state index contributed by atoms with van der Waals surface area (Å²) >= 11 is 0. The molecule has 2 aromatic rings. The highest BCUT2D eigenvalue weighted by Crippen LogP contribution is 2.34. The highest BCUT2D eigenvalue weighted by atomic mass is 16.5. The van der Waals surface area contributed by atoms with E-state index in [2.05, 4.69) is 6.07 Å². The quantitative estimate of drug-likeness (QED) is 0.728. The van der Waals surface area contributed by atoms with E-state index in [1.165, 1.54) is 4.90 Å². The van der Waals surface area contributed by atoms with Gasteiger partial charge in [0.25, 0.3) is 11.8 Å². The minimum absolute atomic E-state index is 0.0665. The second kappa shape index (κ2) is 7.46. The van der Waals surface area contributed by atoms with Gasteiger partial charge < -0.3 is 4.74 Å². The summed E-state index contributed by atoms with van der Waals surface area (Å²) in [6, 6.07) is 17.3. The molecule has 0 spiro atoms. The van der Waals surface area contributed by atoms with Crippen LogP contribution < -0.4 is 0 Å². The van der Waals surface area contributed by atoms with Gasteiger partial charge in [0.1, 0.15) is 0 Å². The number of hydrogen-bond acceptors (Lipinski definition) is 4. The number of amides is 2. The smallest absolute Gasteiger partial charge is 0.261 e. The van der Waals surface area contributed by atoms with Gasteiger partial charge in [0.05, 0.1) is 41.4 Å². The lowest BCUT2D eigenvalue weighted by atomic mass is 9.85. The number of rotatable bonds is 4. The third-order valence-electron chi connectivity index (χ3n) is 5.90. The number of fused-ring (bicyclic) bond motifs is 1. The van der Waals surface area contributed by atoms with Crippen molar-refractivity contribution in [1.29, 1.82) is 5.26 Å². The minimum atomic E-state index is -0.528. The molecular formula is C24H24N2O3. The first-order chi connectivity index (χ1) is 13.9. The predicted octanol–water partition coefficient (Wildman–Crippen LogP) is 4.39. The molecule has 148 valence electrons. The van der Waals surface area contributed by atoms with Gasteiger partial charge in [-0.05, 0) is 56.4 Å². The standard InChI is InChI=1S/C24H24N2O3/c1-24(2,15-25)17-12-10-16(11-13-17)21-9-5-6-18(29-21)14-26-22(27)19-7-3-4-8-20(19)23(26)28/h3-4,7-8,10-13,18,21H,5-6,9,14H2,1-2H3/t18?,21-/m1/s1. The van der Waals surface area contributed by atoms with Crippen LogP contribution in [-0.4, -0.2) is 29.4 Å². The van der Waals surface area contributed by atoms with Crippen LogP contribution >= 0.6 is 0 Å². The van der Waals surface area contributed by atoms with Crippen LogP contribution in [0.2, 0.25) is 0 Å². The Hall–Kier alpha value is -2.97. The second-order valence-electron chi connectivity index (χ2n) is 8.30. The molecule has 1 unspecified atom stereocenters. The van der Waals surface area contributed by atoms with E-state index in [1.54, 1.807) is 24.3 Å². The molecule has 5 heteroatoms. The molecule has 2 aliphatic rings. The average Bonchev–Trinajstić information content (AvgIpc) is 2.99. The Kier molecular flexibility index (Phi) is 4.97. The SMILES string of the molecule is CC(C)(C#N)c1ccc([C@H]2CCCC(CN3C(=O)c4ccccc4C3=O)O2)cc1. The van der Waals surface area contributed by atoms with Gasteiger partial charge in [-0.2, -0.15) is 5.26 Å². The largest absolute Gasteiger partial charge is 0.368 e. The molecule has 5 nitrogen and oxygen atoms in total. The molecule has 1 saturated heterocycles.